The standard InChI is InChI=1S/C14H25N3O/c1-12(2)17-8-6-14(16-17)10-15-7-3-9-18-11-13-4-5-13/h6,8,12-13,15H,3-5,7,9-11H2,1-2H3. The molecule has 1 heterocycles. The minimum absolute atomic E-state index is 0.439. The van der Waals surface area contributed by atoms with E-state index in [4.69, 9.17) is 4.74 Å². The van der Waals surface area contributed by atoms with Crippen LogP contribution in [0.25, 0.3) is 0 Å². The van der Waals surface area contributed by atoms with Crippen molar-refractivity contribution in [3.05, 3.63) is 18.0 Å². The van der Waals surface area contributed by atoms with Crippen molar-refractivity contribution < 1.29 is 4.74 Å². The molecule has 1 saturated carbocycles. The molecule has 0 saturated heterocycles. The van der Waals surface area contributed by atoms with Gasteiger partial charge < -0.3 is 10.1 Å². The zero-order valence-corrected chi connectivity index (χ0v) is 11.6. The van der Waals surface area contributed by atoms with E-state index in [2.05, 4.69) is 30.3 Å². The predicted molar refractivity (Wildman–Crippen MR) is 72.5 cm³/mol. The smallest absolute Gasteiger partial charge is 0.0762 e. The van der Waals surface area contributed by atoms with Gasteiger partial charge in [-0.05, 0) is 51.6 Å². The van der Waals surface area contributed by atoms with Crippen LogP contribution in [-0.4, -0.2) is 29.5 Å². The molecule has 1 aliphatic carbocycles. The molecule has 1 aliphatic rings. The molecule has 0 atom stereocenters. The summed E-state index contributed by atoms with van der Waals surface area (Å²) in [4.78, 5) is 0. The van der Waals surface area contributed by atoms with Gasteiger partial charge in [0.2, 0.25) is 0 Å². The van der Waals surface area contributed by atoms with E-state index in [-0.39, 0.29) is 0 Å². The second kappa shape index (κ2) is 6.90. The Morgan fingerprint density at radius 3 is 3.00 bits per heavy atom. The average Bonchev–Trinajstić information content (AvgIpc) is 3.04. The maximum absolute atomic E-state index is 5.59. The van der Waals surface area contributed by atoms with Gasteiger partial charge in [0, 0.05) is 32.0 Å². The summed E-state index contributed by atoms with van der Waals surface area (Å²) in [6.45, 7) is 7.98. The number of rotatable bonds is 9. The maximum Gasteiger partial charge on any atom is 0.0762 e. The summed E-state index contributed by atoms with van der Waals surface area (Å²) in [5.41, 5.74) is 1.11. The minimum atomic E-state index is 0.439. The van der Waals surface area contributed by atoms with Crippen molar-refractivity contribution >= 4 is 0 Å². The van der Waals surface area contributed by atoms with E-state index in [0.29, 0.717) is 6.04 Å². The average molecular weight is 251 g/mol. The summed E-state index contributed by atoms with van der Waals surface area (Å²) in [6.07, 6.45) is 5.87. The van der Waals surface area contributed by atoms with E-state index in [1.165, 1.54) is 12.8 Å². The van der Waals surface area contributed by atoms with Crippen molar-refractivity contribution in [3.8, 4) is 0 Å². The molecule has 1 N–H and O–H groups in total. The summed E-state index contributed by atoms with van der Waals surface area (Å²) in [6, 6.07) is 2.52. The van der Waals surface area contributed by atoms with Gasteiger partial charge in [-0.1, -0.05) is 0 Å². The second-order valence-corrected chi connectivity index (χ2v) is 5.43. The van der Waals surface area contributed by atoms with Gasteiger partial charge in [-0.15, -0.1) is 0 Å². The summed E-state index contributed by atoms with van der Waals surface area (Å²) in [7, 11) is 0. The zero-order valence-electron chi connectivity index (χ0n) is 11.6. The van der Waals surface area contributed by atoms with Gasteiger partial charge in [-0.25, -0.2) is 0 Å². The van der Waals surface area contributed by atoms with Crippen LogP contribution in [-0.2, 0) is 11.3 Å². The molecular weight excluding hydrogens is 226 g/mol. The van der Waals surface area contributed by atoms with Crippen LogP contribution in [0.2, 0.25) is 0 Å². The first kappa shape index (κ1) is 13.6. The van der Waals surface area contributed by atoms with Crippen molar-refractivity contribution in [2.75, 3.05) is 19.8 Å². The van der Waals surface area contributed by atoms with Crippen molar-refractivity contribution in [1.29, 1.82) is 0 Å². The van der Waals surface area contributed by atoms with Gasteiger partial charge in [-0.3, -0.25) is 4.68 Å². The van der Waals surface area contributed by atoms with E-state index in [9.17, 15) is 0 Å². The fourth-order valence-electron chi connectivity index (χ4n) is 1.81. The molecule has 18 heavy (non-hydrogen) atoms. The zero-order chi connectivity index (χ0) is 12.8. The van der Waals surface area contributed by atoms with Crippen molar-refractivity contribution in [2.24, 2.45) is 5.92 Å². The van der Waals surface area contributed by atoms with E-state index in [1.807, 2.05) is 10.9 Å². The molecule has 1 fully saturated rings. The Kier molecular flexibility index (Phi) is 5.20. The van der Waals surface area contributed by atoms with Crippen molar-refractivity contribution in [2.45, 2.75) is 45.7 Å². The Balaban J connectivity index is 1.48. The molecular formula is C14H25N3O. The Bertz CT molecular complexity index is 345. The van der Waals surface area contributed by atoms with Crippen LogP contribution in [0.1, 0.15) is 44.8 Å². The van der Waals surface area contributed by atoms with Crippen molar-refractivity contribution in [3.63, 3.8) is 0 Å². The summed E-state index contributed by atoms with van der Waals surface area (Å²) in [5.74, 6) is 0.873. The number of nitrogens with one attached hydrogen (secondary N) is 1. The first-order valence-corrected chi connectivity index (χ1v) is 7.08. The largest absolute Gasteiger partial charge is 0.381 e. The Morgan fingerprint density at radius 2 is 2.33 bits per heavy atom. The fraction of sp³-hybridized carbons (Fsp3) is 0.786. The molecule has 0 aromatic carbocycles. The normalized spacial score (nSPS) is 15.5. The highest BCUT2D eigenvalue weighted by atomic mass is 16.5. The number of ether oxygens (including phenoxy) is 1. The first-order chi connectivity index (χ1) is 8.75. The molecule has 0 amide bonds. The van der Waals surface area contributed by atoms with Crippen LogP contribution in [0.5, 0.6) is 0 Å². The van der Waals surface area contributed by atoms with Gasteiger partial charge in [0.15, 0.2) is 0 Å². The minimum Gasteiger partial charge on any atom is -0.381 e. The van der Waals surface area contributed by atoms with Gasteiger partial charge in [0.05, 0.1) is 5.69 Å². The number of nitrogens with zero attached hydrogens (tertiary/aromatic N) is 2. The lowest BCUT2D eigenvalue weighted by atomic mass is 10.4. The number of hydrogen-bond donors (Lipinski definition) is 1. The lowest BCUT2D eigenvalue weighted by Gasteiger charge is -2.05. The number of hydrogen-bond acceptors (Lipinski definition) is 3. The highest BCUT2D eigenvalue weighted by molar-refractivity contribution is 4.98. The quantitative estimate of drug-likeness (QED) is 0.685. The molecule has 0 aliphatic heterocycles. The molecule has 0 bridgehead atoms. The van der Waals surface area contributed by atoms with Crippen LogP contribution in [0.4, 0.5) is 0 Å². The number of aromatic nitrogens is 2. The molecule has 4 nitrogen and oxygen atoms in total. The highest BCUT2D eigenvalue weighted by Crippen LogP contribution is 2.28. The lowest BCUT2D eigenvalue weighted by Crippen LogP contribution is -2.17. The molecule has 0 radical (unpaired) electrons. The molecule has 4 heteroatoms. The highest BCUT2D eigenvalue weighted by Gasteiger charge is 2.20. The van der Waals surface area contributed by atoms with Gasteiger partial charge >= 0.3 is 0 Å². The summed E-state index contributed by atoms with van der Waals surface area (Å²) >= 11 is 0. The molecule has 102 valence electrons. The summed E-state index contributed by atoms with van der Waals surface area (Å²) in [5, 5.41) is 7.90. The van der Waals surface area contributed by atoms with E-state index >= 15 is 0 Å². The molecule has 0 spiro atoms. The Morgan fingerprint density at radius 1 is 1.50 bits per heavy atom. The van der Waals surface area contributed by atoms with Gasteiger partial charge in [0.1, 0.15) is 0 Å². The Labute approximate surface area is 110 Å². The molecule has 2 rings (SSSR count). The maximum atomic E-state index is 5.59. The molecule has 1 aromatic rings. The van der Waals surface area contributed by atoms with Crippen LogP contribution < -0.4 is 5.32 Å². The van der Waals surface area contributed by atoms with Crippen LogP contribution in [0, 0.1) is 5.92 Å². The second-order valence-electron chi connectivity index (χ2n) is 5.43. The third kappa shape index (κ3) is 4.78. The third-order valence-corrected chi connectivity index (χ3v) is 3.19. The predicted octanol–water partition coefficient (Wildman–Crippen LogP) is 2.37. The monoisotopic (exact) mass is 251 g/mol. The lowest BCUT2D eigenvalue weighted by molar-refractivity contribution is 0.122. The van der Waals surface area contributed by atoms with Crippen molar-refractivity contribution in [1.82, 2.24) is 15.1 Å². The third-order valence-electron chi connectivity index (χ3n) is 3.19. The Hall–Kier alpha value is -0.870. The van der Waals surface area contributed by atoms with E-state index in [1.54, 1.807) is 0 Å². The van der Waals surface area contributed by atoms with Crippen LogP contribution >= 0.6 is 0 Å². The first-order valence-electron chi connectivity index (χ1n) is 7.08. The van der Waals surface area contributed by atoms with E-state index < -0.39 is 0 Å². The fourth-order valence-corrected chi connectivity index (χ4v) is 1.81. The molecule has 1 aromatic heterocycles. The topological polar surface area (TPSA) is 39.1 Å². The summed E-state index contributed by atoms with van der Waals surface area (Å²) < 4.78 is 7.58. The van der Waals surface area contributed by atoms with Gasteiger partial charge in [-0.2, -0.15) is 5.10 Å². The molecule has 0 unspecified atom stereocenters. The SMILES string of the molecule is CC(C)n1ccc(CNCCCOCC2CC2)n1. The van der Waals surface area contributed by atoms with Crippen LogP contribution in [0.15, 0.2) is 12.3 Å². The van der Waals surface area contributed by atoms with Gasteiger partial charge in [0.25, 0.3) is 0 Å². The van der Waals surface area contributed by atoms with E-state index in [0.717, 1.165) is 44.3 Å². The van der Waals surface area contributed by atoms with Crippen LogP contribution in [0.3, 0.4) is 0 Å².